The first-order chi connectivity index (χ1) is 11.8. The van der Waals surface area contributed by atoms with E-state index in [1.165, 1.54) is 10.6 Å². The second-order valence-corrected chi connectivity index (χ2v) is 6.41. The minimum Gasteiger partial charge on any atom is -0.319 e. The van der Waals surface area contributed by atoms with Crippen LogP contribution in [0.5, 0.6) is 0 Å². The summed E-state index contributed by atoms with van der Waals surface area (Å²) >= 11 is 0. The van der Waals surface area contributed by atoms with E-state index >= 15 is 0 Å². The van der Waals surface area contributed by atoms with Crippen LogP contribution in [0.4, 0.5) is 0 Å². The Balaban J connectivity index is 1.47. The molecule has 0 unspecified atom stereocenters. The van der Waals surface area contributed by atoms with Gasteiger partial charge < -0.3 is 4.57 Å². The van der Waals surface area contributed by atoms with E-state index in [1.807, 2.05) is 16.8 Å². The number of carbonyl (C=O) groups excluding carboxylic acids is 1. The zero-order valence-corrected chi connectivity index (χ0v) is 13.7. The van der Waals surface area contributed by atoms with E-state index in [0.717, 1.165) is 31.6 Å². The lowest BCUT2D eigenvalue weighted by Crippen LogP contribution is -2.45. The van der Waals surface area contributed by atoms with Crippen molar-refractivity contribution in [2.24, 2.45) is 0 Å². The third-order valence-corrected chi connectivity index (χ3v) is 4.74. The Hall–Kier alpha value is -2.18. The average molecular weight is 326 g/mol. The molecule has 4 rings (SSSR count). The topological polar surface area (TPSA) is 50.6 Å². The first kappa shape index (κ1) is 15.4. The predicted molar refractivity (Wildman–Crippen MR) is 89.0 cm³/mol. The highest BCUT2D eigenvalue weighted by molar-refractivity contribution is 5.80. The molecule has 6 nitrogen and oxygen atoms in total. The molecule has 0 aliphatic carbocycles. The van der Waals surface area contributed by atoms with Crippen molar-refractivity contribution in [3.05, 3.63) is 54.1 Å². The number of nitrogens with zero attached hydrogens (tertiary/aromatic N) is 4. The number of rotatable bonds is 4. The smallest absolute Gasteiger partial charge is 0.270 e. The number of aromatic nitrogens is 2. The Labute approximate surface area is 141 Å². The lowest BCUT2D eigenvalue weighted by molar-refractivity contribution is -0.173. The van der Waals surface area contributed by atoms with Crippen LogP contribution in [-0.4, -0.2) is 51.7 Å². The number of hydroxylamine groups is 2. The van der Waals surface area contributed by atoms with Crippen LogP contribution in [-0.2, 0) is 22.6 Å². The first-order valence-electron chi connectivity index (χ1n) is 8.52. The Morgan fingerprint density at radius 3 is 2.96 bits per heavy atom. The highest BCUT2D eigenvalue weighted by atomic mass is 16.7. The normalized spacial score (nSPS) is 21.0. The second kappa shape index (κ2) is 6.75. The van der Waals surface area contributed by atoms with E-state index in [0.29, 0.717) is 19.7 Å². The molecule has 2 aliphatic heterocycles. The molecule has 0 N–H and O–H groups in total. The van der Waals surface area contributed by atoms with Crippen molar-refractivity contribution in [3.63, 3.8) is 0 Å². The summed E-state index contributed by atoms with van der Waals surface area (Å²) in [7, 11) is 0. The minimum absolute atomic E-state index is 0.0381. The molecule has 1 fully saturated rings. The molecule has 1 aromatic carbocycles. The molecular formula is C18H22N4O2. The summed E-state index contributed by atoms with van der Waals surface area (Å²) in [5, 5.41) is 1.52. The quantitative estimate of drug-likeness (QED) is 0.857. The Bertz CT molecular complexity index is 694. The fourth-order valence-corrected chi connectivity index (χ4v) is 3.45. The first-order valence-corrected chi connectivity index (χ1v) is 8.52. The van der Waals surface area contributed by atoms with Crippen LogP contribution in [0.25, 0.3) is 0 Å². The van der Waals surface area contributed by atoms with Gasteiger partial charge >= 0.3 is 0 Å². The van der Waals surface area contributed by atoms with Crippen molar-refractivity contribution < 1.29 is 9.63 Å². The zero-order valence-electron chi connectivity index (χ0n) is 13.7. The maximum absolute atomic E-state index is 12.8. The molecule has 2 aromatic rings. The summed E-state index contributed by atoms with van der Waals surface area (Å²) in [4.78, 5) is 24.8. The molecule has 3 heterocycles. The van der Waals surface area contributed by atoms with Crippen molar-refractivity contribution in [1.82, 2.24) is 19.5 Å². The molecule has 0 saturated carbocycles. The van der Waals surface area contributed by atoms with Crippen LogP contribution in [0.2, 0.25) is 0 Å². The molecule has 1 saturated heterocycles. The van der Waals surface area contributed by atoms with E-state index < -0.39 is 0 Å². The van der Waals surface area contributed by atoms with E-state index in [1.54, 1.807) is 6.33 Å². The maximum Gasteiger partial charge on any atom is 0.270 e. The number of benzene rings is 1. The van der Waals surface area contributed by atoms with Crippen LogP contribution >= 0.6 is 0 Å². The van der Waals surface area contributed by atoms with Gasteiger partial charge in [0.15, 0.2) is 0 Å². The Morgan fingerprint density at radius 2 is 2.17 bits per heavy atom. The molecule has 0 spiro atoms. The lowest BCUT2D eigenvalue weighted by Gasteiger charge is -2.35. The van der Waals surface area contributed by atoms with E-state index in [9.17, 15) is 4.79 Å². The summed E-state index contributed by atoms with van der Waals surface area (Å²) < 4.78 is 2.00. The van der Waals surface area contributed by atoms with Gasteiger partial charge in [0.2, 0.25) is 0 Å². The molecule has 0 bridgehead atoms. The molecule has 1 aromatic heterocycles. The molecule has 1 amide bonds. The van der Waals surface area contributed by atoms with E-state index in [4.69, 9.17) is 4.84 Å². The van der Waals surface area contributed by atoms with Gasteiger partial charge in [-0.05, 0) is 18.4 Å². The largest absolute Gasteiger partial charge is 0.319 e. The summed E-state index contributed by atoms with van der Waals surface area (Å²) in [6, 6.07) is 10.2. The number of fused-ring (bicyclic) bond motifs is 1. The van der Waals surface area contributed by atoms with E-state index in [-0.39, 0.29) is 11.9 Å². The highest BCUT2D eigenvalue weighted by Crippen LogP contribution is 2.24. The second-order valence-electron chi connectivity index (χ2n) is 6.41. The number of hydrogen-bond donors (Lipinski definition) is 0. The van der Waals surface area contributed by atoms with Gasteiger partial charge in [-0.3, -0.25) is 14.5 Å². The number of hydrogen-bond acceptors (Lipinski definition) is 4. The maximum atomic E-state index is 12.8. The summed E-state index contributed by atoms with van der Waals surface area (Å²) in [6.07, 6.45) is 5.52. The minimum atomic E-state index is -0.245. The average Bonchev–Trinajstić information content (AvgIpc) is 3.31. The van der Waals surface area contributed by atoms with Crippen LogP contribution < -0.4 is 0 Å². The summed E-state index contributed by atoms with van der Waals surface area (Å²) in [5.74, 6) is 0.0381. The van der Waals surface area contributed by atoms with Gasteiger partial charge in [-0.1, -0.05) is 30.3 Å². The van der Waals surface area contributed by atoms with Crippen LogP contribution in [0.3, 0.4) is 0 Å². The highest BCUT2D eigenvalue weighted by Gasteiger charge is 2.34. The molecular weight excluding hydrogens is 304 g/mol. The van der Waals surface area contributed by atoms with E-state index in [2.05, 4.69) is 34.1 Å². The molecule has 2 aliphatic rings. The molecule has 6 heteroatoms. The van der Waals surface area contributed by atoms with Gasteiger partial charge in [0, 0.05) is 25.8 Å². The number of imidazole rings is 1. The standard InChI is InChI=1S/C18H22N4O2/c23-18(22-8-4-10-24-22)17-13-20(12-16-11-19-14-21(16)17)9-7-15-5-2-1-3-6-15/h1-3,5-6,11,14,17H,4,7-10,12-13H2/t17-/m1/s1. The van der Waals surface area contributed by atoms with Crippen molar-refractivity contribution in [3.8, 4) is 0 Å². The fourth-order valence-electron chi connectivity index (χ4n) is 3.45. The monoisotopic (exact) mass is 326 g/mol. The Kier molecular flexibility index (Phi) is 4.32. The van der Waals surface area contributed by atoms with Crippen molar-refractivity contribution in [2.45, 2.75) is 25.4 Å². The third kappa shape index (κ3) is 3.07. The SMILES string of the molecule is O=C([C@H]1CN(CCc2ccccc2)Cc2cncn21)N1CCCO1. The van der Waals surface area contributed by atoms with Gasteiger partial charge in [0.25, 0.3) is 5.91 Å². The summed E-state index contributed by atoms with van der Waals surface area (Å²) in [6.45, 7) is 3.78. The zero-order chi connectivity index (χ0) is 16.4. The Morgan fingerprint density at radius 1 is 1.29 bits per heavy atom. The predicted octanol–water partition coefficient (Wildman–Crippen LogP) is 1.65. The lowest BCUT2D eigenvalue weighted by atomic mass is 10.1. The summed E-state index contributed by atoms with van der Waals surface area (Å²) in [5.41, 5.74) is 2.41. The van der Waals surface area contributed by atoms with Crippen LogP contribution in [0.1, 0.15) is 23.7 Å². The third-order valence-electron chi connectivity index (χ3n) is 4.74. The van der Waals surface area contributed by atoms with Crippen molar-refractivity contribution in [2.75, 3.05) is 26.2 Å². The van der Waals surface area contributed by atoms with Gasteiger partial charge in [-0.25, -0.2) is 10.0 Å². The van der Waals surface area contributed by atoms with Crippen LogP contribution in [0, 0.1) is 0 Å². The molecule has 24 heavy (non-hydrogen) atoms. The molecule has 0 radical (unpaired) electrons. The van der Waals surface area contributed by atoms with Crippen LogP contribution in [0.15, 0.2) is 42.9 Å². The van der Waals surface area contributed by atoms with Crippen molar-refractivity contribution in [1.29, 1.82) is 0 Å². The fraction of sp³-hybridized carbons (Fsp3) is 0.444. The molecule has 126 valence electrons. The van der Waals surface area contributed by atoms with Crippen molar-refractivity contribution >= 4 is 5.91 Å². The number of amides is 1. The van der Waals surface area contributed by atoms with Gasteiger partial charge in [-0.2, -0.15) is 0 Å². The van der Waals surface area contributed by atoms with Gasteiger partial charge in [-0.15, -0.1) is 0 Å². The number of carbonyl (C=O) groups is 1. The molecule has 1 atom stereocenters. The van der Waals surface area contributed by atoms with Gasteiger partial charge in [0.1, 0.15) is 6.04 Å². The van der Waals surface area contributed by atoms with Gasteiger partial charge in [0.05, 0.1) is 25.2 Å².